The summed E-state index contributed by atoms with van der Waals surface area (Å²) in [5.41, 5.74) is 2.04. The van der Waals surface area contributed by atoms with E-state index in [0.717, 1.165) is 16.7 Å². The van der Waals surface area contributed by atoms with E-state index in [4.69, 9.17) is 9.47 Å². The molecule has 0 bridgehead atoms. The standard InChI is InChI=1S/C41H54N2O6/c1-29(2)23-37(39(46)48-28-32-19-13-9-14-20-32)42-38(45)34(24-31-17-11-8-12-18-31)25-35(44)26-43(40(47)49-41(5,6)7)27-36(30(3)4)33-21-15-10-16-22-33/h8-22,29-30,34,36-37H,23-28H2,1-7H3,(H,42,45)/t34-,36+,37+/m0/s1. The highest BCUT2D eigenvalue weighted by molar-refractivity contribution is 5.91. The third-order valence-corrected chi connectivity index (χ3v) is 8.17. The van der Waals surface area contributed by atoms with Gasteiger partial charge in [0, 0.05) is 24.8 Å². The lowest BCUT2D eigenvalue weighted by molar-refractivity contribution is -0.150. The molecule has 3 rings (SSSR count). The van der Waals surface area contributed by atoms with Crippen molar-refractivity contribution in [1.82, 2.24) is 10.2 Å². The number of hydrogen-bond acceptors (Lipinski definition) is 6. The molecule has 0 heterocycles. The van der Waals surface area contributed by atoms with Gasteiger partial charge in [0.2, 0.25) is 5.91 Å². The van der Waals surface area contributed by atoms with Crippen LogP contribution in [0.3, 0.4) is 0 Å². The number of ketones is 1. The zero-order valence-corrected chi connectivity index (χ0v) is 30.2. The van der Waals surface area contributed by atoms with Crippen LogP contribution in [0, 0.1) is 17.8 Å². The molecule has 3 aromatic rings. The van der Waals surface area contributed by atoms with E-state index >= 15 is 0 Å². The van der Waals surface area contributed by atoms with Gasteiger partial charge in [0.1, 0.15) is 18.2 Å². The second kappa shape index (κ2) is 18.9. The lowest BCUT2D eigenvalue weighted by atomic mass is 9.87. The van der Waals surface area contributed by atoms with Crippen molar-refractivity contribution in [1.29, 1.82) is 0 Å². The predicted octanol–water partition coefficient (Wildman–Crippen LogP) is 7.76. The van der Waals surface area contributed by atoms with Gasteiger partial charge in [-0.15, -0.1) is 0 Å². The summed E-state index contributed by atoms with van der Waals surface area (Å²) in [5.74, 6) is -1.74. The van der Waals surface area contributed by atoms with Crippen LogP contribution in [0.1, 0.15) is 83.9 Å². The first-order valence-electron chi connectivity index (χ1n) is 17.3. The van der Waals surface area contributed by atoms with Gasteiger partial charge in [-0.3, -0.25) is 9.59 Å². The summed E-state index contributed by atoms with van der Waals surface area (Å²) >= 11 is 0. The average Bonchev–Trinajstić information content (AvgIpc) is 3.05. The predicted molar refractivity (Wildman–Crippen MR) is 193 cm³/mol. The summed E-state index contributed by atoms with van der Waals surface area (Å²) in [7, 11) is 0. The summed E-state index contributed by atoms with van der Waals surface area (Å²) in [4.78, 5) is 56.0. The summed E-state index contributed by atoms with van der Waals surface area (Å²) < 4.78 is 11.3. The van der Waals surface area contributed by atoms with E-state index in [1.807, 2.05) is 105 Å². The topological polar surface area (TPSA) is 102 Å². The fourth-order valence-electron chi connectivity index (χ4n) is 5.68. The number of ether oxygens (including phenoxy) is 2. The summed E-state index contributed by atoms with van der Waals surface area (Å²) in [6.07, 6.45) is -0.0275. The Bertz CT molecular complexity index is 1470. The van der Waals surface area contributed by atoms with Gasteiger partial charge in [0.05, 0.1) is 6.54 Å². The Morgan fingerprint density at radius 2 is 1.33 bits per heavy atom. The molecule has 0 aliphatic rings. The first-order valence-corrected chi connectivity index (χ1v) is 17.3. The number of benzene rings is 3. The highest BCUT2D eigenvalue weighted by Gasteiger charge is 2.32. The minimum Gasteiger partial charge on any atom is -0.459 e. The summed E-state index contributed by atoms with van der Waals surface area (Å²) in [6, 6.07) is 27.9. The number of carbonyl (C=O) groups excluding carboxylic acids is 4. The van der Waals surface area contributed by atoms with E-state index in [9.17, 15) is 19.2 Å². The number of hydrogen-bond donors (Lipinski definition) is 1. The molecule has 0 fully saturated rings. The Hall–Kier alpha value is -4.46. The minimum atomic E-state index is -0.875. The van der Waals surface area contributed by atoms with Gasteiger partial charge in [-0.2, -0.15) is 0 Å². The molecule has 1 N–H and O–H groups in total. The molecule has 0 aromatic heterocycles. The quantitative estimate of drug-likeness (QED) is 0.147. The van der Waals surface area contributed by atoms with Crippen molar-refractivity contribution in [3.8, 4) is 0 Å². The van der Waals surface area contributed by atoms with Crippen molar-refractivity contribution in [2.24, 2.45) is 17.8 Å². The van der Waals surface area contributed by atoms with Crippen molar-refractivity contribution in [3.63, 3.8) is 0 Å². The molecule has 0 saturated carbocycles. The van der Waals surface area contributed by atoms with Gasteiger partial charge >= 0.3 is 12.1 Å². The van der Waals surface area contributed by atoms with Crippen LogP contribution < -0.4 is 5.32 Å². The molecule has 2 amide bonds. The van der Waals surface area contributed by atoms with Gasteiger partial charge in [0.15, 0.2) is 5.78 Å². The normalized spacial score (nSPS) is 13.3. The Kier molecular flexibility index (Phi) is 15.0. The zero-order valence-electron chi connectivity index (χ0n) is 30.2. The highest BCUT2D eigenvalue weighted by atomic mass is 16.6. The smallest absolute Gasteiger partial charge is 0.410 e. The molecule has 0 radical (unpaired) electrons. The van der Waals surface area contributed by atoms with Crippen LogP contribution in [0.4, 0.5) is 4.79 Å². The van der Waals surface area contributed by atoms with Gasteiger partial charge < -0.3 is 19.7 Å². The fourth-order valence-corrected chi connectivity index (χ4v) is 5.68. The third kappa shape index (κ3) is 13.9. The van der Waals surface area contributed by atoms with Gasteiger partial charge in [-0.25, -0.2) is 9.59 Å². The highest BCUT2D eigenvalue weighted by Crippen LogP contribution is 2.27. The van der Waals surface area contributed by atoms with Crippen LogP contribution in [0.5, 0.6) is 0 Å². The number of nitrogens with zero attached hydrogens (tertiary/aromatic N) is 1. The van der Waals surface area contributed by atoms with Gasteiger partial charge in [0.25, 0.3) is 0 Å². The third-order valence-electron chi connectivity index (χ3n) is 8.17. The molecule has 8 heteroatoms. The molecule has 0 saturated heterocycles. The molecule has 3 aromatic carbocycles. The van der Waals surface area contributed by atoms with Crippen molar-refractivity contribution < 1.29 is 28.7 Å². The fraction of sp³-hybridized carbons (Fsp3) is 0.463. The lowest BCUT2D eigenvalue weighted by Crippen LogP contribution is -2.47. The second-order valence-corrected chi connectivity index (χ2v) is 14.5. The molecule has 0 spiro atoms. The molecule has 3 atom stereocenters. The van der Waals surface area contributed by atoms with E-state index in [2.05, 4.69) is 19.2 Å². The largest absolute Gasteiger partial charge is 0.459 e. The first kappa shape index (κ1) is 39.0. The van der Waals surface area contributed by atoms with Crippen LogP contribution in [-0.2, 0) is 36.9 Å². The molecule has 0 unspecified atom stereocenters. The van der Waals surface area contributed by atoms with E-state index in [1.54, 1.807) is 20.8 Å². The number of amides is 2. The van der Waals surface area contributed by atoms with Crippen LogP contribution in [0.15, 0.2) is 91.0 Å². The molecular weight excluding hydrogens is 616 g/mol. The van der Waals surface area contributed by atoms with Crippen molar-refractivity contribution in [2.45, 2.75) is 91.9 Å². The van der Waals surface area contributed by atoms with Crippen LogP contribution in [0.2, 0.25) is 0 Å². The van der Waals surface area contributed by atoms with E-state index < -0.39 is 35.5 Å². The van der Waals surface area contributed by atoms with E-state index in [1.165, 1.54) is 4.90 Å². The summed E-state index contributed by atoms with van der Waals surface area (Å²) in [6.45, 7) is 13.7. The minimum absolute atomic E-state index is 0.0383. The molecule has 8 nitrogen and oxygen atoms in total. The number of esters is 1. The van der Waals surface area contributed by atoms with Crippen LogP contribution in [-0.4, -0.2) is 53.4 Å². The zero-order chi connectivity index (χ0) is 36.0. The maximum Gasteiger partial charge on any atom is 0.410 e. The maximum atomic E-state index is 13.9. The molecule has 0 aliphatic carbocycles. The van der Waals surface area contributed by atoms with E-state index in [0.29, 0.717) is 6.42 Å². The number of rotatable bonds is 17. The summed E-state index contributed by atoms with van der Waals surface area (Å²) in [5, 5.41) is 2.91. The molecular formula is C41H54N2O6. The van der Waals surface area contributed by atoms with Crippen LogP contribution >= 0.6 is 0 Å². The number of carbonyl (C=O) groups is 4. The first-order chi connectivity index (χ1) is 23.2. The lowest BCUT2D eigenvalue weighted by Gasteiger charge is -2.32. The maximum absolute atomic E-state index is 13.9. The second-order valence-electron chi connectivity index (χ2n) is 14.5. The average molecular weight is 671 g/mol. The Morgan fingerprint density at radius 1 is 0.776 bits per heavy atom. The SMILES string of the molecule is CC(C)C[C@@H](NC(=O)[C@H](CC(=O)CN(C[C@@H](c1ccccc1)C(C)C)C(=O)OC(C)(C)C)Cc1ccccc1)C(=O)OCc1ccccc1. The Morgan fingerprint density at radius 3 is 1.86 bits per heavy atom. The van der Waals surface area contributed by atoms with E-state index in [-0.39, 0.29) is 56.1 Å². The van der Waals surface area contributed by atoms with Gasteiger partial charge in [-0.1, -0.05) is 119 Å². The van der Waals surface area contributed by atoms with Crippen molar-refractivity contribution in [2.75, 3.05) is 13.1 Å². The molecule has 264 valence electrons. The van der Waals surface area contributed by atoms with Crippen molar-refractivity contribution in [3.05, 3.63) is 108 Å². The Labute approximate surface area is 292 Å². The van der Waals surface area contributed by atoms with Crippen molar-refractivity contribution >= 4 is 23.8 Å². The molecule has 49 heavy (non-hydrogen) atoms. The molecule has 0 aliphatic heterocycles. The van der Waals surface area contributed by atoms with Crippen LogP contribution in [0.25, 0.3) is 0 Å². The van der Waals surface area contributed by atoms with Gasteiger partial charge in [-0.05, 0) is 62.1 Å². The Balaban J connectivity index is 1.82. The number of Topliss-reactive ketones (excluding diaryl/α,β-unsaturated/α-hetero) is 1. The monoisotopic (exact) mass is 670 g/mol. The number of nitrogens with one attached hydrogen (secondary N) is 1.